The minimum Gasteiger partial charge on any atom is -0.480 e. The highest BCUT2D eigenvalue weighted by Crippen LogP contribution is 2.43. The quantitative estimate of drug-likeness (QED) is 0.815. The van der Waals surface area contributed by atoms with E-state index < -0.39 is 24.2 Å². The molecule has 0 amide bonds. The van der Waals surface area contributed by atoms with Crippen molar-refractivity contribution in [2.45, 2.75) is 64.6 Å². The predicted octanol–water partition coefficient (Wildman–Crippen LogP) is 3.59. The molecule has 0 spiro atoms. The molecular weight excluding hydrogens is 271 g/mol. The van der Waals surface area contributed by atoms with Crippen LogP contribution in [-0.4, -0.2) is 29.3 Å². The minimum atomic E-state index is -4.39. The van der Waals surface area contributed by atoms with E-state index >= 15 is 0 Å². The highest BCUT2D eigenvalue weighted by atomic mass is 19.4. The summed E-state index contributed by atoms with van der Waals surface area (Å²) in [7, 11) is 0. The predicted molar refractivity (Wildman–Crippen MR) is 70.5 cm³/mol. The number of carboxylic acid groups (broad SMARTS) is 1. The summed E-state index contributed by atoms with van der Waals surface area (Å²) in [6.07, 6.45) is -1.59. The molecule has 1 aliphatic carbocycles. The van der Waals surface area contributed by atoms with Gasteiger partial charge in [-0.2, -0.15) is 13.2 Å². The molecule has 0 aromatic carbocycles. The number of aliphatic carboxylic acids is 1. The van der Waals surface area contributed by atoms with Crippen molar-refractivity contribution < 1.29 is 23.1 Å². The minimum absolute atomic E-state index is 0.106. The summed E-state index contributed by atoms with van der Waals surface area (Å²) >= 11 is 0. The van der Waals surface area contributed by atoms with Gasteiger partial charge in [-0.1, -0.05) is 27.2 Å². The summed E-state index contributed by atoms with van der Waals surface area (Å²) in [6.45, 7) is 5.10. The molecule has 0 heterocycles. The first-order chi connectivity index (χ1) is 9.02. The maximum Gasteiger partial charge on any atom is 0.401 e. The maximum absolute atomic E-state index is 12.3. The summed E-state index contributed by atoms with van der Waals surface area (Å²) in [5, 5.41) is 11.5. The first-order valence-electron chi connectivity index (χ1n) is 7.07. The Hall–Kier alpha value is -0.780. The van der Waals surface area contributed by atoms with Crippen LogP contribution in [-0.2, 0) is 4.79 Å². The molecule has 0 aliphatic heterocycles. The maximum atomic E-state index is 12.3. The highest BCUT2D eigenvalue weighted by Gasteiger charge is 2.46. The summed E-state index contributed by atoms with van der Waals surface area (Å²) in [4.78, 5) is 11.4. The lowest BCUT2D eigenvalue weighted by atomic mass is 9.65. The summed E-state index contributed by atoms with van der Waals surface area (Å²) in [6, 6.07) is 0. The van der Waals surface area contributed by atoms with E-state index in [1.165, 1.54) is 0 Å². The Bertz CT molecular complexity index is 345. The second-order valence-electron chi connectivity index (χ2n) is 6.47. The van der Waals surface area contributed by atoms with E-state index in [1.54, 1.807) is 0 Å². The van der Waals surface area contributed by atoms with Crippen molar-refractivity contribution in [2.24, 2.45) is 11.3 Å². The second-order valence-corrected chi connectivity index (χ2v) is 6.47. The van der Waals surface area contributed by atoms with Crippen molar-refractivity contribution >= 4 is 5.97 Å². The van der Waals surface area contributed by atoms with E-state index in [-0.39, 0.29) is 18.3 Å². The number of rotatable bonds is 5. The molecule has 0 saturated heterocycles. The summed E-state index contributed by atoms with van der Waals surface area (Å²) in [5.74, 6) is -0.804. The second kappa shape index (κ2) is 5.92. The fourth-order valence-electron chi connectivity index (χ4n) is 2.92. The molecule has 0 aromatic rings. The average molecular weight is 295 g/mol. The van der Waals surface area contributed by atoms with E-state index in [1.807, 2.05) is 0 Å². The van der Waals surface area contributed by atoms with Crippen molar-refractivity contribution in [3.8, 4) is 0 Å². The zero-order chi connectivity index (χ0) is 15.6. The van der Waals surface area contributed by atoms with Gasteiger partial charge in [0.2, 0.25) is 0 Å². The van der Waals surface area contributed by atoms with Crippen LogP contribution in [0.3, 0.4) is 0 Å². The van der Waals surface area contributed by atoms with Gasteiger partial charge < -0.3 is 5.11 Å². The fourth-order valence-corrected chi connectivity index (χ4v) is 2.92. The zero-order valence-electron chi connectivity index (χ0n) is 12.3. The van der Waals surface area contributed by atoms with Crippen molar-refractivity contribution in [1.29, 1.82) is 0 Å². The van der Waals surface area contributed by atoms with Gasteiger partial charge in [0.05, 0.1) is 6.54 Å². The van der Waals surface area contributed by atoms with Crippen molar-refractivity contribution in [3.05, 3.63) is 0 Å². The Labute approximate surface area is 117 Å². The van der Waals surface area contributed by atoms with Gasteiger partial charge in [0, 0.05) is 0 Å². The lowest BCUT2D eigenvalue weighted by Crippen LogP contribution is -2.57. The number of halogens is 3. The average Bonchev–Trinajstić information content (AvgIpc) is 2.35. The van der Waals surface area contributed by atoms with Crippen molar-refractivity contribution in [2.75, 3.05) is 6.54 Å². The van der Waals surface area contributed by atoms with E-state index in [4.69, 9.17) is 0 Å². The van der Waals surface area contributed by atoms with Crippen LogP contribution in [0.15, 0.2) is 0 Å². The normalized spacial score (nSPS) is 28.4. The van der Waals surface area contributed by atoms with Gasteiger partial charge in [-0.05, 0) is 37.0 Å². The number of hydrogen-bond acceptors (Lipinski definition) is 2. The molecule has 0 bridgehead atoms. The number of alkyl halides is 3. The van der Waals surface area contributed by atoms with Crippen LogP contribution in [0.25, 0.3) is 0 Å². The first-order valence-corrected chi connectivity index (χ1v) is 7.07. The summed E-state index contributed by atoms with van der Waals surface area (Å²) < 4.78 is 36.9. The Morgan fingerprint density at radius 2 is 1.80 bits per heavy atom. The van der Waals surface area contributed by atoms with Crippen molar-refractivity contribution in [1.82, 2.24) is 5.32 Å². The van der Waals surface area contributed by atoms with E-state index in [0.717, 1.165) is 6.42 Å². The van der Waals surface area contributed by atoms with E-state index in [9.17, 15) is 23.1 Å². The van der Waals surface area contributed by atoms with Gasteiger partial charge >= 0.3 is 12.1 Å². The molecule has 0 radical (unpaired) electrons. The molecule has 0 atom stereocenters. The van der Waals surface area contributed by atoms with Gasteiger partial charge in [0.25, 0.3) is 0 Å². The van der Waals surface area contributed by atoms with Crippen LogP contribution in [0.5, 0.6) is 0 Å². The molecule has 2 N–H and O–H groups in total. The molecular formula is C14H24F3NO2. The number of nitrogens with one attached hydrogen (secondary N) is 1. The highest BCUT2D eigenvalue weighted by molar-refractivity contribution is 5.79. The third kappa shape index (κ3) is 4.11. The lowest BCUT2D eigenvalue weighted by Gasteiger charge is -2.43. The molecule has 1 saturated carbocycles. The molecule has 1 aliphatic rings. The van der Waals surface area contributed by atoms with Crippen molar-refractivity contribution in [3.63, 3.8) is 0 Å². The lowest BCUT2D eigenvalue weighted by molar-refractivity contribution is -0.153. The van der Waals surface area contributed by atoms with Crippen LogP contribution in [0.4, 0.5) is 13.2 Å². The fraction of sp³-hybridized carbons (Fsp3) is 0.929. The number of carbonyl (C=O) groups is 1. The molecule has 118 valence electrons. The van der Waals surface area contributed by atoms with Gasteiger partial charge in [-0.15, -0.1) is 0 Å². The Morgan fingerprint density at radius 1 is 1.30 bits per heavy atom. The molecule has 20 heavy (non-hydrogen) atoms. The van der Waals surface area contributed by atoms with Crippen LogP contribution < -0.4 is 5.32 Å². The van der Waals surface area contributed by atoms with Gasteiger partial charge in [0.15, 0.2) is 0 Å². The molecule has 0 aromatic heterocycles. The molecule has 0 unspecified atom stereocenters. The Morgan fingerprint density at radius 3 is 2.15 bits per heavy atom. The number of hydrogen-bond donors (Lipinski definition) is 2. The monoisotopic (exact) mass is 295 g/mol. The van der Waals surface area contributed by atoms with Crippen LogP contribution in [0.2, 0.25) is 0 Å². The smallest absolute Gasteiger partial charge is 0.401 e. The first kappa shape index (κ1) is 17.3. The van der Waals surface area contributed by atoms with Gasteiger partial charge in [-0.25, -0.2) is 0 Å². The SMILES string of the molecule is CCC(C)(C)C1CCC(NCC(F)(F)F)(C(=O)O)CC1. The molecule has 6 heteroatoms. The number of carboxylic acids is 1. The van der Waals surface area contributed by atoms with Gasteiger partial charge in [0.1, 0.15) is 5.54 Å². The van der Waals surface area contributed by atoms with Gasteiger partial charge in [-0.3, -0.25) is 10.1 Å². The Kier molecular flexibility index (Phi) is 5.11. The summed E-state index contributed by atoms with van der Waals surface area (Å²) in [5.41, 5.74) is -1.31. The standard InChI is InChI=1S/C14H24F3NO2/c1-4-12(2,3)10-5-7-13(8-6-10,11(19)20)18-9-14(15,16)17/h10,18H,4-9H2,1-3H3,(H,19,20). The third-order valence-electron chi connectivity index (χ3n) is 4.89. The van der Waals surface area contributed by atoms with Crippen LogP contribution in [0, 0.1) is 11.3 Å². The largest absolute Gasteiger partial charge is 0.480 e. The van der Waals surface area contributed by atoms with E-state index in [2.05, 4.69) is 26.1 Å². The van der Waals surface area contributed by atoms with E-state index in [0.29, 0.717) is 18.8 Å². The molecule has 1 rings (SSSR count). The third-order valence-corrected chi connectivity index (χ3v) is 4.89. The molecule has 3 nitrogen and oxygen atoms in total. The van der Waals surface area contributed by atoms with Crippen LogP contribution in [0.1, 0.15) is 52.9 Å². The van der Waals surface area contributed by atoms with Crippen LogP contribution >= 0.6 is 0 Å². The topological polar surface area (TPSA) is 49.3 Å². The Balaban J connectivity index is 2.71. The molecule has 1 fully saturated rings. The zero-order valence-corrected chi connectivity index (χ0v) is 12.3.